The van der Waals surface area contributed by atoms with E-state index in [0.717, 1.165) is 44.5 Å². The van der Waals surface area contributed by atoms with Crippen LogP contribution >= 0.6 is 0 Å². The van der Waals surface area contributed by atoms with E-state index in [1.165, 1.54) is 0 Å². The third-order valence-electron chi connectivity index (χ3n) is 5.37. The normalized spacial score (nSPS) is 11.6. The minimum Gasteiger partial charge on any atom is -0.436 e. The van der Waals surface area contributed by atoms with Crippen molar-refractivity contribution in [2.45, 2.75) is 0 Å². The molecule has 0 N–H and O–H groups in total. The van der Waals surface area contributed by atoms with Gasteiger partial charge in [-0.3, -0.25) is 0 Å². The van der Waals surface area contributed by atoms with E-state index in [-0.39, 0.29) is 0 Å². The Hall–Kier alpha value is -4.44. The fraction of sp³-hybridized carbons (Fsp3) is 0. The number of para-hydroxylation sites is 4. The molecule has 0 radical (unpaired) electrons. The predicted octanol–water partition coefficient (Wildman–Crippen LogP) is 7.47. The molecule has 32 heavy (non-hydrogen) atoms. The zero-order chi connectivity index (χ0) is 21.3. The lowest BCUT2D eigenvalue weighted by Crippen LogP contribution is -1.79. The van der Waals surface area contributed by atoms with Crippen LogP contribution in [-0.4, -0.2) is 9.97 Å². The summed E-state index contributed by atoms with van der Waals surface area (Å²) in [5.41, 5.74) is 7.46. The zero-order valence-electron chi connectivity index (χ0n) is 17.1. The van der Waals surface area contributed by atoms with Crippen molar-refractivity contribution in [1.29, 1.82) is 0 Å². The minimum atomic E-state index is 0.636. The molecule has 0 aliphatic rings. The van der Waals surface area contributed by atoms with Gasteiger partial charge in [-0.15, -0.1) is 0 Å². The summed E-state index contributed by atoms with van der Waals surface area (Å²) in [5, 5.41) is 0. The summed E-state index contributed by atoms with van der Waals surface area (Å²) in [5.74, 6) is 1.27. The van der Waals surface area contributed by atoms with Gasteiger partial charge in [0.05, 0.1) is 0 Å². The Balaban J connectivity index is 1.19. The number of oxazole rings is 2. The van der Waals surface area contributed by atoms with E-state index in [1.807, 2.05) is 72.8 Å². The highest BCUT2D eigenvalue weighted by molar-refractivity contribution is 5.78. The Morgan fingerprint density at radius 3 is 1.28 bits per heavy atom. The first-order valence-electron chi connectivity index (χ1n) is 10.4. The molecule has 6 aromatic rings. The van der Waals surface area contributed by atoms with Gasteiger partial charge in [0.15, 0.2) is 11.2 Å². The summed E-state index contributed by atoms with van der Waals surface area (Å²) in [7, 11) is 0. The maximum Gasteiger partial charge on any atom is 0.227 e. The van der Waals surface area contributed by atoms with Crippen LogP contribution in [0.25, 0.3) is 57.3 Å². The average molecular weight is 414 g/mol. The van der Waals surface area contributed by atoms with Crippen molar-refractivity contribution in [3.05, 3.63) is 108 Å². The third-order valence-corrected chi connectivity index (χ3v) is 5.37. The summed E-state index contributed by atoms with van der Waals surface area (Å²) in [4.78, 5) is 9.11. The van der Waals surface area contributed by atoms with Crippen molar-refractivity contribution in [2.75, 3.05) is 0 Å². The fourth-order valence-corrected chi connectivity index (χ4v) is 3.66. The second-order valence-electron chi connectivity index (χ2n) is 7.55. The molecular weight excluding hydrogens is 396 g/mol. The molecule has 2 aromatic heterocycles. The van der Waals surface area contributed by atoms with E-state index in [1.54, 1.807) is 0 Å². The van der Waals surface area contributed by atoms with E-state index in [2.05, 4.69) is 46.4 Å². The van der Waals surface area contributed by atoms with Gasteiger partial charge in [-0.25, -0.2) is 9.97 Å². The van der Waals surface area contributed by atoms with E-state index < -0.39 is 0 Å². The smallest absolute Gasteiger partial charge is 0.227 e. The standard InChI is InChI=1S/C28H18N2O2/c1-3-7-25-23(5-1)29-27(31-25)21-15-11-19(12-16-21)9-10-20-13-17-22(18-14-20)28-30-24-6-2-4-8-26(24)32-28/h1-18H/b10-9+. The third kappa shape index (κ3) is 3.48. The van der Waals surface area contributed by atoms with Crippen molar-refractivity contribution in [3.63, 3.8) is 0 Å². The molecule has 0 atom stereocenters. The van der Waals surface area contributed by atoms with Crippen molar-refractivity contribution in [1.82, 2.24) is 9.97 Å². The summed E-state index contributed by atoms with van der Waals surface area (Å²) in [6, 6.07) is 32.0. The second-order valence-corrected chi connectivity index (χ2v) is 7.55. The van der Waals surface area contributed by atoms with Crippen LogP contribution in [0.15, 0.2) is 106 Å². The van der Waals surface area contributed by atoms with Gasteiger partial charge in [-0.2, -0.15) is 0 Å². The molecule has 4 nitrogen and oxygen atoms in total. The molecule has 0 spiro atoms. The second kappa shape index (κ2) is 7.67. The van der Waals surface area contributed by atoms with E-state index in [0.29, 0.717) is 11.8 Å². The van der Waals surface area contributed by atoms with Gasteiger partial charge in [0, 0.05) is 11.1 Å². The molecule has 0 amide bonds. The Morgan fingerprint density at radius 2 is 0.875 bits per heavy atom. The molecule has 0 aliphatic heterocycles. The van der Waals surface area contributed by atoms with E-state index in [4.69, 9.17) is 8.83 Å². The molecule has 6 rings (SSSR count). The van der Waals surface area contributed by atoms with Gasteiger partial charge in [-0.1, -0.05) is 60.7 Å². The SMILES string of the molecule is C(=C\c1ccc(-c2nc3ccccc3o2)cc1)/c1ccc(-c2nc3ccccc3o2)cc1. The summed E-state index contributed by atoms with van der Waals surface area (Å²) >= 11 is 0. The number of hydrogen-bond donors (Lipinski definition) is 0. The van der Waals surface area contributed by atoms with Gasteiger partial charge < -0.3 is 8.83 Å². The maximum atomic E-state index is 5.85. The number of rotatable bonds is 4. The quantitative estimate of drug-likeness (QED) is 0.281. The van der Waals surface area contributed by atoms with Crippen molar-refractivity contribution in [2.24, 2.45) is 0 Å². The minimum absolute atomic E-state index is 0.636. The molecule has 2 heterocycles. The van der Waals surface area contributed by atoms with Crippen molar-refractivity contribution in [3.8, 4) is 22.9 Å². The van der Waals surface area contributed by atoms with Gasteiger partial charge in [0.25, 0.3) is 0 Å². The summed E-state index contributed by atoms with van der Waals surface area (Å²) in [6.45, 7) is 0. The maximum absolute atomic E-state index is 5.85. The Morgan fingerprint density at radius 1 is 0.469 bits per heavy atom. The van der Waals surface area contributed by atoms with E-state index >= 15 is 0 Å². The molecule has 0 saturated heterocycles. The first-order valence-corrected chi connectivity index (χ1v) is 10.4. The van der Waals surface area contributed by atoms with Crippen LogP contribution in [0.2, 0.25) is 0 Å². The van der Waals surface area contributed by atoms with Gasteiger partial charge in [0.1, 0.15) is 11.0 Å². The Kier molecular flexibility index (Phi) is 4.40. The van der Waals surface area contributed by atoms with Crippen LogP contribution in [0.4, 0.5) is 0 Å². The van der Waals surface area contributed by atoms with Gasteiger partial charge >= 0.3 is 0 Å². The molecule has 0 unspecified atom stereocenters. The van der Waals surface area contributed by atoms with Gasteiger partial charge in [-0.05, 0) is 59.7 Å². The lowest BCUT2D eigenvalue weighted by Gasteiger charge is -1.99. The molecular formula is C28H18N2O2. The monoisotopic (exact) mass is 414 g/mol. The number of hydrogen-bond acceptors (Lipinski definition) is 4. The van der Waals surface area contributed by atoms with Crippen molar-refractivity contribution >= 4 is 34.4 Å². The predicted molar refractivity (Wildman–Crippen MR) is 128 cm³/mol. The number of benzene rings is 4. The molecule has 0 fully saturated rings. The number of nitrogens with zero attached hydrogens (tertiary/aromatic N) is 2. The Bertz CT molecular complexity index is 1370. The van der Waals surface area contributed by atoms with E-state index in [9.17, 15) is 0 Å². The fourth-order valence-electron chi connectivity index (χ4n) is 3.66. The first kappa shape index (κ1) is 18.3. The highest BCUT2D eigenvalue weighted by Gasteiger charge is 2.08. The molecule has 152 valence electrons. The highest BCUT2D eigenvalue weighted by Crippen LogP contribution is 2.26. The lowest BCUT2D eigenvalue weighted by molar-refractivity contribution is 0.619. The molecule has 0 bridgehead atoms. The largest absolute Gasteiger partial charge is 0.436 e. The summed E-state index contributed by atoms with van der Waals surface area (Å²) in [6.07, 6.45) is 4.18. The van der Waals surface area contributed by atoms with Crippen LogP contribution in [-0.2, 0) is 0 Å². The number of aromatic nitrogens is 2. The first-order chi connectivity index (χ1) is 15.8. The molecule has 4 aromatic carbocycles. The van der Waals surface area contributed by atoms with Gasteiger partial charge in [0.2, 0.25) is 11.8 Å². The number of fused-ring (bicyclic) bond motifs is 2. The Labute approximate surface area is 184 Å². The zero-order valence-corrected chi connectivity index (χ0v) is 17.1. The van der Waals surface area contributed by atoms with Crippen LogP contribution in [0.3, 0.4) is 0 Å². The van der Waals surface area contributed by atoms with Crippen LogP contribution in [0.5, 0.6) is 0 Å². The van der Waals surface area contributed by atoms with Crippen LogP contribution < -0.4 is 0 Å². The molecule has 0 aliphatic carbocycles. The van der Waals surface area contributed by atoms with Crippen LogP contribution in [0, 0.1) is 0 Å². The molecule has 4 heteroatoms. The topological polar surface area (TPSA) is 52.1 Å². The lowest BCUT2D eigenvalue weighted by atomic mass is 10.1. The average Bonchev–Trinajstić information content (AvgIpc) is 3.48. The van der Waals surface area contributed by atoms with Crippen molar-refractivity contribution < 1.29 is 8.83 Å². The summed E-state index contributed by atoms with van der Waals surface area (Å²) < 4.78 is 11.7. The highest BCUT2D eigenvalue weighted by atomic mass is 16.4. The van der Waals surface area contributed by atoms with Crippen LogP contribution in [0.1, 0.15) is 11.1 Å². The molecule has 0 saturated carbocycles.